The highest BCUT2D eigenvalue weighted by molar-refractivity contribution is 5.76. The Bertz CT molecular complexity index is 1700. The first kappa shape index (κ1) is 73.3. The molecule has 0 radical (unpaired) electrons. The van der Waals surface area contributed by atoms with Crippen molar-refractivity contribution >= 4 is 5.91 Å². The summed E-state index contributed by atoms with van der Waals surface area (Å²) in [5.74, 6) is -0.186. The smallest absolute Gasteiger partial charge is 0.220 e. The number of unbranched alkanes of at least 4 members (excludes halogenated alkanes) is 23. The molecule has 0 aliphatic carbocycles. The van der Waals surface area contributed by atoms with Gasteiger partial charge in [0, 0.05) is 6.42 Å². The molecule has 6 N–H and O–H groups in total. The zero-order valence-electron chi connectivity index (χ0n) is 50.1. The van der Waals surface area contributed by atoms with Crippen LogP contribution in [0.4, 0.5) is 0 Å². The standard InChI is InChI=1S/C70H117NO8/c1-3-5-7-9-11-13-15-17-19-20-21-22-23-24-25-26-27-28-29-30-31-32-33-34-35-36-37-38-39-40-41-42-43-44-46-48-50-52-54-56-58-60-66(74)71-63(62-78-70-69(77)68(76)67(75)65(61-72)79-70)64(73)59-57-55-53-51-49-47-45-18-16-14-12-10-8-6-4-2/h5,7,11,13,17,19,21-22,24-25,27-28,30-31,33-34,36-37,39-40,57,59,63-65,67-70,72-73,75-77H,3-4,6,8-10,12,14-16,18,20,23,26,29,32,35,38,41-56,58,60-62H2,1-2H3,(H,71,74)/b7-5-,13-11-,19-17-,22-21-,25-24-,28-27-,31-30-,34-33-,37-36-,40-39-,59-57+. The molecule has 0 saturated carbocycles. The molecule has 0 spiro atoms. The molecule has 1 aliphatic rings. The van der Waals surface area contributed by atoms with Gasteiger partial charge >= 0.3 is 0 Å². The van der Waals surface area contributed by atoms with Crippen LogP contribution >= 0.6 is 0 Å². The molecule has 79 heavy (non-hydrogen) atoms. The van der Waals surface area contributed by atoms with Crippen LogP contribution in [-0.2, 0) is 14.3 Å². The second-order valence-corrected chi connectivity index (χ2v) is 21.5. The van der Waals surface area contributed by atoms with Gasteiger partial charge < -0.3 is 40.3 Å². The van der Waals surface area contributed by atoms with Crippen molar-refractivity contribution in [2.75, 3.05) is 13.2 Å². The van der Waals surface area contributed by atoms with Gasteiger partial charge in [0.25, 0.3) is 0 Å². The molecule has 1 amide bonds. The van der Waals surface area contributed by atoms with Gasteiger partial charge in [-0.25, -0.2) is 0 Å². The van der Waals surface area contributed by atoms with E-state index in [0.717, 1.165) is 116 Å². The fraction of sp³-hybridized carbons (Fsp3) is 0.671. The SMILES string of the molecule is CC/C=C\C/C=C\C/C=C\C/C=C\C/C=C\C/C=C\C/C=C\C/C=C\C/C=C\C/C=C\CCCCCCCCCCCCC(=O)NC(COC1OC(CO)C(O)C(O)C1O)C(O)/C=C/CCCCCCCCCCCCCCC. The molecular formula is C70H117NO8. The van der Waals surface area contributed by atoms with E-state index in [-0.39, 0.29) is 12.5 Å². The van der Waals surface area contributed by atoms with Crippen molar-refractivity contribution in [1.29, 1.82) is 0 Å². The molecule has 0 aromatic carbocycles. The topological polar surface area (TPSA) is 149 Å². The first-order valence-corrected chi connectivity index (χ1v) is 31.9. The maximum Gasteiger partial charge on any atom is 0.220 e. The summed E-state index contributed by atoms with van der Waals surface area (Å²) < 4.78 is 11.3. The minimum absolute atomic E-state index is 0.186. The number of hydrogen-bond donors (Lipinski definition) is 6. The highest BCUT2D eigenvalue weighted by atomic mass is 16.7. The zero-order valence-corrected chi connectivity index (χ0v) is 50.1. The van der Waals surface area contributed by atoms with Crippen molar-refractivity contribution in [3.8, 4) is 0 Å². The minimum atomic E-state index is -1.57. The Kier molecular flexibility index (Phi) is 53.4. The zero-order chi connectivity index (χ0) is 57.2. The first-order chi connectivity index (χ1) is 38.8. The van der Waals surface area contributed by atoms with Gasteiger partial charge in [-0.3, -0.25) is 4.79 Å². The van der Waals surface area contributed by atoms with Gasteiger partial charge in [-0.1, -0.05) is 276 Å². The van der Waals surface area contributed by atoms with Crippen LogP contribution in [0.2, 0.25) is 0 Å². The highest BCUT2D eigenvalue weighted by Crippen LogP contribution is 2.23. The molecule has 1 saturated heterocycles. The number of carbonyl (C=O) groups excluding carboxylic acids is 1. The van der Waals surface area contributed by atoms with E-state index in [9.17, 15) is 30.3 Å². The second kappa shape index (κ2) is 57.6. The molecule has 1 fully saturated rings. The van der Waals surface area contributed by atoms with Crippen LogP contribution in [0.1, 0.15) is 245 Å². The summed E-state index contributed by atoms with van der Waals surface area (Å²) in [5.41, 5.74) is 0. The molecular weight excluding hydrogens is 983 g/mol. The van der Waals surface area contributed by atoms with Crippen molar-refractivity contribution in [3.05, 3.63) is 134 Å². The van der Waals surface area contributed by atoms with E-state index in [1.54, 1.807) is 6.08 Å². The number of nitrogens with one attached hydrogen (secondary N) is 1. The number of aliphatic hydroxyl groups is 5. The van der Waals surface area contributed by atoms with E-state index in [0.29, 0.717) is 6.42 Å². The van der Waals surface area contributed by atoms with E-state index < -0.39 is 49.5 Å². The van der Waals surface area contributed by atoms with Gasteiger partial charge in [-0.05, 0) is 96.3 Å². The van der Waals surface area contributed by atoms with Crippen molar-refractivity contribution < 1.29 is 39.8 Å². The average Bonchev–Trinajstić information content (AvgIpc) is 3.46. The third kappa shape index (κ3) is 46.6. The number of amides is 1. The Morgan fingerprint density at radius 3 is 1.16 bits per heavy atom. The quantitative estimate of drug-likeness (QED) is 0.0261. The molecule has 0 bridgehead atoms. The molecule has 0 aromatic rings. The predicted octanol–water partition coefficient (Wildman–Crippen LogP) is 16.9. The Morgan fingerprint density at radius 1 is 0.443 bits per heavy atom. The van der Waals surface area contributed by atoms with Crippen molar-refractivity contribution in [2.24, 2.45) is 0 Å². The average molecular weight is 1100 g/mol. The lowest BCUT2D eigenvalue weighted by atomic mass is 9.99. The van der Waals surface area contributed by atoms with Crippen LogP contribution in [0.15, 0.2) is 134 Å². The van der Waals surface area contributed by atoms with Crippen LogP contribution in [0.25, 0.3) is 0 Å². The van der Waals surface area contributed by atoms with Crippen LogP contribution < -0.4 is 5.32 Å². The number of ether oxygens (including phenoxy) is 2. The number of aliphatic hydroxyl groups excluding tert-OH is 5. The minimum Gasteiger partial charge on any atom is -0.394 e. The Balaban J connectivity index is 2.14. The van der Waals surface area contributed by atoms with Crippen LogP contribution in [0, 0.1) is 0 Å². The third-order valence-electron chi connectivity index (χ3n) is 14.2. The summed E-state index contributed by atoms with van der Waals surface area (Å²) in [6.07, 6.45) is 81.0. The van der Waals surface area contributed by atoms with E-state index >= 15 is 0 Å². The summed E-state index contributed by atoms with van der Waals surface area (Å²) in [6.45, 7) is 3.66. The van der Waals surface area contributed by atoms with Gasteiger partial charge in [-0.15, -0.1) is 0 Å². The maximum absolute atomic E-state index is 13.1. The van der Waals surface area contributed by atoms with Crippen molar-refractivity contribution in [1.82, 2.24) is 5.32 Å². The second-order valence-electron chi connectivity index (χ2n) is 21.5. The molecule has 9 nitrogen and oxygen atoms in total. The fourth-order valence-electron chi connectivity index (χ4n) is 9.24. The van der Waals surface area contributed by atoms with Gasteiger partial charge in [0.15, 0.2) is 6.29 Å². The summed E-state index contributed by atoms with van der Waals surface area (Å²) in [5, 5.41) is 54.5. The molecule has 1 aliphatic heterocycles. The van der Waals surface area contributed by atoms with E-state index in [1.807, 2.05) is 6.08 Å². The van der Waals surface area contributed by atoms with Crippen LogP contribution in [0.5, 0.6) is 0 Å². The molecule has 450 valence electrons. The lowest BCUT2D eigenvalue weighted by molar-refractivity contribution is -0.302. The lowest BCUT2D eigenvalue weighted by Crippen LogP contribution is -2.60. The largest absolute Gasteiger partial charge is 0.394 e. The molecule has 1 heterocycles. The summed E-state index contributed by atoms with van der Waals surface area (Å²) in [4.78, 5) is 13.1. The molecule has 1 rings (SSSR count). The maximum atomic E-state index is 13.1. The van der Waals surface area contributed by atoms with Crippen molar-refractivity contribution in [2.45, 2.75) is 288 Å². The Hall–Kier alpha value is -3.67. The first-order valence-electron chi connectivity index (χ1n) is 31.9. The van der Waals surface area contributed by atoms with E-state index in [4.69, 9.17) is 9.47 Å². The van der Waals surface area contributed by atoms with Crippen LogP contribution in [0.3, 0.4) is 0 Å². The van der Waals surface area contributed by atoms with Crippen LogP contribution in [-0.4, -0.2) is 87.5 Å². The monoisotopic (exact) mass is 1100 g/mol. The number of rotatable bonds is 53. The van der Waals surface area contributed by atoms with E-state index in [2.05, 4.69) is 141 Å². The van der Waals surface area contributed by atoms with Gasteiger partial charge in [0.2, 0.25) is 5.91 Å². The number of carbonyl (C=O) groups is 1. The summed E-state index contributed by atoms with van der Waals surface area (Å²) in [7, 11) is 0. The number of allylic oxidation sites excluding steroid dienone is 21. The normalized spacial score (nSPS) is 19.5. The highest BCUT2D eigenvalue weighted by Gasteiger charge is 2.44. The Morgan fingerprint density at radius 2 is 0.785 bits per heavy atom. The molecule has 7 unspecified atom stereocenters. The summed E-state index contributed by atoms with van der Waals surface area (Å²) >= 11 is 0. The van der Waals surface area contributed by atoms with Gasteiger partial charge in [0.05, 0.1) is 25.4 Å². The van der Waals surface area contributed by atoms with Crippen molar-refractivity contribution in [3.63, 3.8) is 0 Å². The molecule has 0 aromatic heterocycles. The van der Waals surface area contributed by atoms with Gasteiger partial charge in [0.1, 0.15) is 24.4 Å². The van der Waals surface area contributed by atoms with Gasteiger partial charge in [-0.2, -0.15) is 0 Å². The summed E-state index contributed by atoms with van der Waals surface area (Å²) in [6, 6.07) is -0.815. The predicted molar refractivity (Wildman–Crippen MR) is 336 cm³/mol. The molecule has 9 heteroatoms. The van der Waals surface area contributed by atoms with E-state index in [1.165, 1.54) is 109 Å². The number of hydrogen-bond acceptors (Lipinski definition) is 8. The Labute approximate surface area is 483 Å². The fourth-order valence-corrected chi connectivity index (χ4v) is 9.24. The lowest BCUT2D eigenvalue weighted by Gasteiger charge is -2.40. The molecule has 7 atom stereocenters. The third-order valence-corrected chi connectivity index (χ3v) is 14.2.